The Kier molecular flexibility index (Phi) is 2.31. The van der Waals surface area contributed by atoms with Gasteiger partial charge in [0.15, 0.2) is 0 Å². The van der Waals surface area contributed by atoms with Crippen LogP contribution in [0.4, 0.5) is 13.2 Å². The molecular formula is C7H7F3N2O. The summed E-state index contributed by atoms with van der Waals surface area (Å²) in [6.45, 7) is 0. The van der Waals surface area contributed by atoms with Gasteiger partial charge < -0.3 is 10.3 Å². The van der Waals surface area contributed by atoms with Crippen molar-refractivity contribution in [2.45, 2.75) is 6.18 Å². The number of carbonyl (C=O) groups excluding carboxylic acids is 1. The van der Waals surface area contributed by atoms with Gasteiger partial charge in [0.1, 0.15) is 5.69 Å². The Morgan fingerprint density at radius 3 is 2.54 bits per heavy atom. The van der Waals surface area contributed by atoms with Gasteiger partial charge in [0.25, 0.3) is 5.91 Å². The molecule has 0 spiro atoms. The summed E-state index contributed by atoms with van der Waals surface area (Å²) >= 11 is 0. The predicted molar refractivity (Wildman–Crippen MR) is 39.2 cm³/mol. The molecule has 6 heteroatoms. The molecule has 0 saturated carbocycles. The third-order valence-electron chi connectivity index (χ3n) is 1.48. The Morgan fingerprint density at radius 2 is 2.15 bits per heavy atom. The molecule has 0 aromatic carbocycles. The molecule has 0 saturated heterocycles. The number of hydrogen-bond acceptors (Lipinski definition) is 1. The van der Waals surface area contributed by atoms with Crippen LogP contribution < -0.4 is 5.32 Å². The van der Waals surface area contributed by atoms with Gasteiger partial charge in [-0.3, -0.25) is 4.79 Å². The van der Waals surface area contributed by atoms with Crippen LogP contribution in [0.5, 0.6) is 0 Å². The van der Waals surface area contributed by atoms with E-state index < -0.39 is 17.8 Å². The van der Waals surface area contributed by atoms with Gasteiger partial charge >= 0.3 is 6.18 Å². The second kappa shape index (κ2) is 3.12. The van der Waals surface area contributed by atoms with Crippen molar-refractivity contribution >= 4 is 5.91 Å². The largest absolute Gasteiger partial charge is 0.431 e. The fraction of sp³-hybridized carbons (Fsp3) is 0.286. The topological polar surface area (TPSA) is 44.9 Å². The van der Waals surface area contributed by atoms with E-state index in [1.54, 1.807) is 0 Å². The fourth-order valence-corrected chi connectivity index (χ4v) is 0.833. The van der Waals surface area contributed by atoms with E-state index in [4.69, 9.17) is 0 Å². The molecule has 2 N–H and O–H groups in total. The van der Waals surface area contributed by atoms with Gasteiger partial charge in [-0.2, -0.15) is 13.2 Å². The number of aromatic amines is 1. The van der Waals surface area contributed by atoms with Crippen molar-refractivity contribution in [2.75, 3.05) is 7.05 Å². The second-order valence-electron chi connectivity index (χ2n) is 2.38. The number of amides is 1. The molecule has 0 radical (unpaired) electrons. The maximum atomic E-state index is 12.0. The van der Waals surface area contributed by atoms with Crippen LogP contribution >= 0.6 is 0 Å². The summed E-state index contributed by atoms with van der Waals surface area (Å²) < 4.78 is 36.0. The van der Waals surface area contributed by atoms with Crippen molar-refractivity contribution in [3.05, 3.63) is 23.5 Å². The standard InChI is InChI=1S/C7H7F3N2O/c1-11-6(13)4-2-5(12-3-4)7(8,9)10/h2-3,12H,1H3,(H,11,13). The predicted octanol–water partition coefficient (Wildman–Crippen LogP) is 1.39. The molecule has 72 valence electrons. The average Bonchev–Trinajstić information content (AvgIpc) is 2.50. The lowest BCUT2D eigenvalue weighted by atomic mass is 10.3. The van der Waals surface area contributed by atoms with E-state index in [1.807, 2.05) is 4.98 Å². The average molecular weight is 192 g/mol. The quantitative estimate of drug-likeness (QED) is 0.693. The number of carbonyl (C=O) groups is 1. The first-order chi connectivity index (χ1) is 5.95. The van der Waals surface area contributed by atoms with Crippen LogP contribution in [0.25, 0.3) is 0 Å². The molecule has 1 aromatic rings. The third-order valence-corrected chi connectivity index (χ3v) is 1.48. The molecule has 0 unspecified atom stereocenters. The van der Waals surface area contributed by atoms with Crippen molar-refractivity contribution in [3.63, 3.8) is 0 Å². The summed E-state index contributed by atoms with van der Waals surface area (Å²) in [4.78, 5) is 12.8. The smallest absolute Gasteiger partial charge is 0.357 e. The van der Waals surface area contributed by atoms with Gasteiger partial charge in [0.2, 0.25) is 0 Å². The molecule has 13 heavy (non-hydrogen) atoms. The van der Waals surface area contributed by atoms with Crippen LogP contribution in [0.15, 0.2) is 12.3 Å². The van der Waals surface area contributed by atoms with E-state index >= 15 is 0 Å². The summed E-state index contributed by atoms with van der Waals surface area (Å²) in [5, 5.41) is 2.22. The zero-order valence-electron chi connectivity index (χ0n) is 6.70. The zero-order valence-corrected chi connectivity index (χ0v) is 6.70. The lowest BCUT2D eigenvalue weighted by Crippen LogP contribution is -2.16. The molecule has 0 fully saturated rings. The van der Waals surface area contributed by atoms with Crippen LogP contribution in [0.2, 0.25) is 0 Å². The first-order valence-corrected chi connectivity index (χ1v) is 3.43. The monoisotopic (exact) mass is 192 g/mol. The van der Waals surface area contributed by atoms with Crippen molar-refractivity contribution in [1.29, 1.82) is 0 Å². The van der Waals surface area contributed by atoms with Crippen LogP contribution in [-0.4, -0.2) is 17.9 Å². The highest BCUT2D eigenvalue weighted by atomic mass is 19.4. The molecular weight excluding hydrogens is 185 g/mol. The second-order valence-corrected chi connectivity index (χ2v) is 2.38. The molecule has 0 aliphatic carbocycles. The molecule has 0 atom stereocenters. The van der Waals surface area contributed by atoms with E-state index in [0.717, 1.165) is 12.3 Å². The number of nitrogens with one attached hydrogen (secondary N) is 2. The maximum Gasteiger partial charge on any atom is 0.431 e. The minimum absolute atomic E-state index is 0.0326. The third kappa shape index (κ3) is 2.01. The molecule has 0 aliphatic rings. The Morgan fingerprint density at radius 1 is 1.54 bits per heavy atom. The minimum Gasteiger partial charge on any atom is -0.357 e. The van der Waals surface area contributed by atoms with Crippen LogP contribution in [0.1, 0.15) is 16.1 Å². The highest BCUT2D eigenvalue weighted by molar-refractivity contribution is 5.93. The van der Waals surface area contributed by atoms with Crippen LogP contribution in [0.3, 0.4) is 0 Å². The fourth-order valence-electron chi connectivity index (χ4n) is 0.833. The SMILES string of the molecule is CNC(=O)c1c[nH]c(C(F)(F)F)c1. The summed E-state index contributed by atoms with van der Waals surface area (Å²) in [6, 6.07) is 0.763. The molecule has 1 aromatic heterocycles. The van der Waals surface area contributed by atoms with Gasteiger partial charge in [-0.1, -0.05) is 0 Å². The Hall–Kier alpha value is -1.46. The number of rotatable bonds is 1. The van der Waals surface area contributed by atoms with Crippen LogP contribution in [-0.2, 0) is 6.18 Å². The summed E-state index contributed by atoms with van der Waals surface area (Å²) in [5.41, 5.74) is -0.957. The van der Waals surface area contributed by atoms with Crippen molar-refractivity contribution in [3.8, 4) is 0 Å². The number of hydrogen-bond donors (Lipinski definition) is 2. The zero-order chi connectivity index (χ0) is 10.1. The van der Waals surface area contributed by atoms with Gasteiger partial charge in [0.05, 0.1) is 5.56 Å². The Balaban J connectivity index is 2.93. The highest BCUT2D eigenvalue weighted by Crippen LogP contribution is 2.28. The number of aromatic nitrogens is 1. The first kappa shape index (κ1) is 9.63. The van der Waals surface area contributed by atoms with Gasteiger partial charge in [0, 0.05) is 13.2 Å². The van der Waals surface area contributed by atoms with Crippen molar-refractivity contribution in [1.82, 2.24) is 10.3 Å². The molecule has 1 heterocycles. The molecule has 1 rings (SSSR count). The molecule has 0 aliphatic heterocycles. The minimum atomic E-state index is -4.44. The van der Waals surface area contributed by atoms with E-state index in [1.165, 1.54) is 7.05 Å². The van der Waals surface area contributed by atoms with Gasteiger partial charge in [-0.15, -0.1) is 0 Å². The van der Waals surface area contributed by atoms with Gasteiger partial charge in [-0.05, 0) is 6.07 Å². The summed E-state index contributed by atoms with van der Waals surface area (Å²) in [7, 11) is 1.35. The highest BCUT2D eigenvalue weighted by Gasteiger charge is 2.32. The summed E-state index contributed by atoms with van der Waals surface area (Å²) in [5.74, 6) is -0.549. The molecule has 0 bridgehead atoms. The Bertz CT molecular complexity index is 316. The maximum absolute atomic E-state index is 12.0. The number of alkyl halides is 3. The lowest BCUT2D eigenvalue weighted by Gasteiger charge is -2.00. The molecule has 1 amide bonds. The van der Waals surface area contributed by atoms with E-state index in [0.29, 0.717) is 0 Å². The van der Waals surface area contributed by atoms with Crippen LogP contribution in [0, 0.1) is 0 Å². The van der Waals surface area contributed by atoms with Gasteiger partial charge in [-0.25, -0.2) is 0 Å². The Labute approximate surface area is 71.9 Å². The van der Waals surface area contributed by atoms with E-state index in [9.17, 15) is 18.0 Å². The number of halogens is 3. The summed E-state index contributed by atoms with van der Waals surface area (Å²) in [6.07, 6.45) is -3.42. The van der Waals surface area contributed by atoms with E-state index in [-0.39, 0.29) is 5.56 Å². The lowest BCUT2D eigenvalue weighted by molar-refractivity contribution is -0.140. The van der Waals surface area contributed by atoms with Crippen molar-refractivity contribution < 1.29 is 18.0 Å². The van der Waals surface area contributed by atoms with Crippen molar-refractivity contribution in [2.24, 2.45) is 0 Å². The number of H-pyrrole nitrogens is 1. The normalized spacial score (nSPS) is 11.4. The first-order valence-electron chi connectivity index (χ1n) is 3.43. The molecule has 3 nitrogen and oxygen atoms in total. The van der Waals surface area contributed by atoms with E-state index in [2.05, 4.69) is 5.32 Å².